The Labute approximate surface area is 105 Å². The minimum Gasteiger partial charge on any atom is -0.258 e. The molecule has 0 atom stereocenters. The maximum Gasteiger partial charge on any atom is 0.300 e. The zero-order valence-electron chi connectivity index (χ0n) is 9.41. The molecule has 0 aliphatic heterocycles. The Balaban J connectivity index is 2.33. The van der Waals surface area contributed by atoms with Crippen molar-refractivity contribution in [2.45, 2.75) is 0 Å². The first-order chi connectivity index (χ1) is 9.18. The van der Waals surface area contributed by atoms with Crippen molar-refractivity contribution in [2.75, 3.05) is 0 Å². The van der Waals surface area contributed by atoms with Crippen LogP contribution in [0.3, 0.4) is 0 Å². The van der Waals surface area contributed by atoms with Gasteiger partial charge in [-0.2, -0.15) is 0 Å². The van der Waals surface area contributed by atoms with E-state index in [1.165, 1.54) is 18.2 Å². The Kier molecular flexibility index (Phi) is 2.45. The SMILES string of the molecule is O=[N+]([O-])c1ccc(-c2ccccc2F)c2nonc12. The summed E-state index contributed by atoms with van der Waals surface area (Å²) in [6.07, 6.45) is 0. The van der Waals surface area contributed by atoms with Gasteiger partial charge in [0, 0.05) is 17.2 Å². The van der Waals surface area contributed by atoms with Crippen molar-refractivity contribution < 1.29 is 13.9 Å². The van der Waals surface area contributed by atoms with E-state index in [0.29, 0.717) is 5.56 Å². The first kappa shape index (κ1) is 11.3. The van der Waals surface area contributed by atoms with Crippen molar-refractivity contribution in [3.8, 4) is 11.1 Å². The summed E-state index contributed by atoms with van der Waals surface area (Å²) in [5.74, 6) is -0.444. The summed E-state index contributed by atoms with van der Waals surface area (Å²) in [7, 11) is 0. The van der Waals surface area contributed by atoms with Crippen LogP contribution in [0.15, 0.2) is 41.0 Å². The van der Waals surface area contributed by atoms with Crippen LogP contribution in [0.2, 0.25) is 0 Å². The van der Waals surface area contributed by atoms with Crippen LogP contribution in [0.1, 0.15) is 0 Å². The topological polar surface area (TPSA) is 82.1 Å². The number of hydrogen-bond donors (Lipinski definition) is 0. The van der Waals surface area contributed by atoms with Gasteiger partial charge in [-0.3, -0.25) is 10.1 Å². The van der Waals surface area contributed by atoms with E-state index >= 15 is 0 Å². The lowest BCUT2D eigenvalue weighted by Gasteiger charge is -2.03. The number of aromatic nitrogens is 2. The van der Waals surface area contributed by atoms with Gasteiger partial charge in [-0.1, -0.05) is 18.2 Å². The van der Waals surface area contributed by atoms with Gasteiger partial charge in [0.15, 0.2) is 0 Å². The minimum atomic E-state index is -0.586. The summed E-state index contributed by atoms with van der Waals surface area (Å²) in [6.45, 7) is 0. The maximum atomic E-state index is 13.8. The van der Waals surface area contributed by atoms with Crippen molar-refractivity contribution in [1.29, 1.82) is 0 Å². The third kappa shape index (κ3) is 1.71. The number of benzene rings is 2. The van der Waals surface area contributed by atoms with Gasteiger partial charge in [-0.15, -0.1) is 0 Å². The summed E-state index contributed by atoms with van der Waals surface area (Å²) in [5.41, 5.74) is 0.638. The smallest absolute Gasteiger partial charge is 0.258 e. The summed E-state index contributed by atoms with van der Waals surface area (Å²) in [5, 5.41) is 18.0. The number of nitrogens with zero attached hydrogens (tertiary/aromatic N) is 3. The van der Waals surface area contributed by atoms with E-state index in [1.807, 2.05) is 0 Å². The first-order valence-corrected chi connectivity index (χ1v) is 5.33. The summed E-state index contributed by atoms with van der Waals surface area (Å²) < 4.78 is 18.3. The van der Waals surface area contributed by atoms with Crippen molar-refractivity contribution in [1.82, 2.24) is 10.3 Å². The van der Waals surface area contributed by atoms with E-state index < -0.39 is 10.7 Å². The molecule has 7 heteroatoms. The van der Waals surface area contributed by atoms with Gasteiger partial charge in [0.1, 0.15) is 11.3 Å². The lowest BCUT2D eigenvalue weighted by Crippen LogP contribution is -1.92. The molecule has 0 unspecified atom stereocenters. The molecule has 1 heterocycles. The highest BCUT2D eigenvalue weighted by Gasteiger charge is 2.21. The molecule has 0 amide bonds. The highest BCUT2D eigenvalue weighted by Crippen LogP contribution is 2.33. The third-order valence-corrected chi connectivity index (χ3v) is 2.75. The molecule has 6 nitrogen and oxygen atoms in total. The molecule has 0 bridgehead atoms. The number of nitro groups is 1. The van der Waals surface area contributed by atoms with Crippen LogP contribution in [0.5, 0.6) is 0 Å². The van der Waals surface area contributed by atoms with Crippen LogP contribution >= 0.6 is 0 Å². The number of fused-ring (bicyclic) bond motifs is 1. The van der Waals surface area contributed by atoms with Crippen LogP contribution in [0, 0.1) is 15.9 Å². The standard InChI is InChI=1S/C12H6FN3O3/c13-9-4-2-1-3-7(9)8-5-6-10(16(17)18)12-11(8)14-19-15-12/h1-6H. The van der Waals surface area contributed by atoms with Gasteiger partial charge >= 0.3 is 5.69 Å². The van der Waals surface area contributed by atoms with Crippen LogP contribution < -0.4 is 0 Å². The fraction of sp³-hybridized carbons (Fsp3) is 0. The molecular weight excluding hydrogens is 253 g/mol. The highest BCUT2D eigenvalue weighted by molar-refractivity contribution is 5.96. The van der Waals surface area contributed by atoms with Gasteiger partial charge in [0.25, 0.3) is 0 Å². The number of nitro benzene ring substituents is 1. The molecule has 0 aliphatic carbocycles. The fourth-order valence-electron chi connectivity index (χ4n) is 1.90. The number of non-ortho nitro benzene ring substituents is 1. The zero-order valence-corrected chi connectivity index (χ0v) is 9.41. The first-order valence-electron chi connectivity index (χ1n) is 5.33. The fourth-order valence-corrected chi connectivity index (χ4v) is 1.90. The normalized spacial score (nSPS) is 10.8. The average molecular weight is 259 g/mol. The lowest BCUT2D eigenvalue weighted by molar-refractivity contribution is -0.383. The second kappa shape index (κ2) is 4.13. The Bertz CT molecular complexity index is 785. The zero-order chi connectivity index (χ0) is 13.4. The van der Waals surface area contributed by atoms with E-state index in [0.717, 1.165) is 0 Å². The van der Waals surface area contributed by atoms with Crippen molar-refractivity contribution in [3.63, 3.8) is 0 Å². The molecule has 0 saturated heterocycles. The largest absolute Gasteiger partial charge is 0.300 e. The predicted octanol–water partition coefficient (Wildman–Crippen LogP) is 2.94. The highest BCUT2D eigenvalue weighted by atomic mass is 19.1. The quantitative estimate of drug-likeness (QED) is 0.522. The molecule has 2 aromatic carbocycles. The van der Waals surface area contributed by atoms with Crippen LogP contribution in [-0.4, -0.2) is 15.2 Å². The Morgan fingerprint density at radius 3 is 2.53 bits per heavy atom. The Hall–Kier alpha value is -2.83. The van der Waals surface area contributed by atoms with Gasteiger partial charge in [0.2, 0.25) is 5.52 Å². The molecule has 1 aromatic heterocycles. The molecular formula is C12H6FN3O3. The molecule has 3 aromatic rings. The maximum absolute atomic E-state index is 13.8. The Morgan fingerprint density at radius 2 is 1.79 bits per heavy atom. The van der Waals surface area contributed by atoms with E-state index in [4.69, 9.17) is 0 Å². The average Bonchev–Trinajstić information content (AvgIpc) is 2.87. The molecule has 0 saturated carbocycles. The second-order valence-electron chi connectivity index (χ2n) is 3.83. The van der Waals surface area contributed by atoms with Gasteiger partial charge in [0.05, 0.1) is 4.92 Å². The Morgan fingerprint density at radius 1 is 1.05 bits per heavy atom. The number of hydrogen-bond acceptors (Lipinski definition) is 5. The number of rotatable bonds is 2. The molecule has 3 rings (SSSR count). The van der Waals surface area contributed by atoms with Crippen LogP contribution in [0.25, 0.3) is 22.2 Å². The lowest BCUT2D eigenvalue weighted by atomic mass is 10.0. The summed E-state index contributed by atoms with van der Waals surface area (Å²) in [4.78, 5) is 10.3. The molecule has 0 N–H and O–H groups in total. The van der Waals surface area contributed by atoms with Gasteiger partial charge in [-0.05, 0) is 22.4 Å². The minimum absolute atomic E-state index is 0.00533. The molecule has 19 heavy (non-hydrogen) atoms. The van der Waals surface area contributed by atoms with Crippen molar-refractivity contribution >= 4 is 16.7 Å². The molecule has 0 fully saturated rings. The van der Waals surface area contributed by atoms with E-state index in [2.05, 4.69) is 14.9 Å². The van der Waals surface area contributed by atoms with Crippen molar-refractivity contribution in [3.05, 3.63) is 52.3 Å². The van der Waals surface area contributed by atoms with E-state index in [1.54, 1.807) is 18.2 Å². The summed E-state index contributed by atoms with van der Waals surface area (Å²) >= 11 is 0. The third-order valence-electron chi connectivity index (χ3n) is 2.75. The van der Waals surface area contributed by atoms with Gasteiger partial charge < -0.3 is 0 Å². The monoisotopic (exact) mass is 259 g/mol. The van der Waals surface area contributed by atoms with Crippen LogP contribution in [0.4, 0.5) is 10.1 Å². The van der Waals surface area contributed by atoms with Gasteiger partial charge in [-0.25, -0.2) is 9.02 Å². The predicted molar refractivity (Wildman–Crippen MR) is 63.9 cm³/mol. The summed E-state index contributed by atoms with van der Waals surface area (Å²) in [6, 6.07) is 8.78. The molecule has 0 spiro atoms. The molecule has 94 valence electrons. The van der Waals surface area contributed by atoms with E-state index in [9.17, 15) is 14.5 Å². The molecule has 0 aliphatic rings. The van der Waals surface area contributed by atoms with E-state index in [-0.39, 0.29) is 22.3 Å². The number of halogens is 1. The van der Waals surface area contributed by atoms with Crippen LogP contribution in [-0.2, 0) is 0 Å². The van der Waals surface area contributed by atoms with Crippen molar-refractivity contribution in [2.24, 2.45) is 0 Å². The second-order valence-corrected chi connectivity index (χ2v) is 3.83. The molecule has 0 radical (unpaired) electrons.